The van der Waals surface area contributed by atoms with E-state index in [9.17, 15) is 13.6 Å². The first-order valence-electron chi connectivity index (χ1n) is 10.4. The van der Waals surface area contributed by atoms with Crippen LogP contribution in [-0.4, -0.2) is 46.7 Å². The van der Waals surface area contributed by atoms with Gasteiger partial charge in [0.1, 0.15) is 11.5 Å². The van der Waals surface area contributed by atoms with Gasteiger partial charge in [0.2, 0.25) is 5.95 Å². The van der Waals surface area contributed by atoms with E-state index in [1.165, 1.54) is 0 Å². The van der Waals surface area contributed by atoms with Crippen LogP contribution in [-0.2, 0) is 17.1 Å². The third kappa shape index (κ3) is 2.83. The molecule has 0 bridgehead atoms. The normalized spacial score (nSPS) is 33.0. The van der Waals surface area contributed by atoms with E-state index in [1.807, 2.05) is 4.90 Å². The second-order valence-corrected chi connectivity index (χ2v) is 8.91. The molecule has 3 fully saturated rings. The minimum atomic E-state index is -2.92. The first kappa shape index (κ1) is 18.1. The monoisotopic (exact) mass is 392 g/mol. The molecule has 4 aliphatic rings. The van der Waals surface area contributed by atoms with Gasteiger partial charge in [0.25, 0.3) is 5.92 Å². The van der Waals surface area contributed by atoms with Gasteiger partial charge >= 0.3 is 5.97 Å². The Labute approximate surface area is 162 Å². The van der Waals surface area contributed by atoms with Crippen molar-refractivity contribution in [2.24, 2.45) is 17.8 Å². The van der Waals surface area contributed by atoms with Gasteiger partial charge in [0.15, 0.2) is 0 Å². The summed E-state index contributed by atoms with van der Waals surface area (Å²) < 4.78 is 29.8. The maximum absolute atomic E-state index is 14.9. The Morgan fingerprint density at radius 1 is 1.25 bits per heavy atom. The first-order valence-corrected chi connectivity index (χ1v) is 10.4. The van der Waals surface area contributed by atoms with Gasteiger partial charge in [0.05, 0.1) is 0 Å². The lowest BCUT2D eigenvalue weighted by Gasteiger charge is -2.39. The highest BCUT2D eigenvalue weighted by atomic mass is 19.3. The Hall–Kier alpha value is -1.99. The number of aromatic nitrogens is 2. The number of rotatable bonds is 4. The quantitative estimate of drug-likeness (QED) is 0.795. The molecule has 2 aliphatic heterocycles. The smallest absolute Gasteiger partial charge is 0.303 e. The molecule has 0 spiro atoms. The molecule has 2 aliphatic carbocycles. The molecule has 5 rings (SSSR count). The first-order chi connectivity index (χ1) is 13.3. The van der Waals surface area contributed by atoms with Crippen LogP contribution in [0.3, 0.4) is 0 Å². The molecular formula is C20H26F2N4O2. The van der Waals surface area contributed by atoms with Gasteiger partial charge in [-0.25, -0.2) is 4.98 Å². The van der Waals surface area contributed by atoms with Crippen molar-refractivity contribution in [1.29, 1.82) is 0 Å². The molecule has 1 unspecified atom stereocenters. The summed E-state index contributed by atoms with van der Waals surface area (Å²) >= 11 is 0. The zero-order chi connectivity index (χ0) is 19.6. The largest absolute Gasteiger partial charge is 0.481 e. The third-order valence-corrected chi connectivity index (χ3v) is 7.15. The van der Waals surface area contributed by atoms with E-state index in [4.69, 9.17) is 10.1 Å². The third-order valence-electron chi connectivity index (χ3n) is 7.15. The fraction of sp³-hybridized carbons (Fsp3) is 0.750. The molecule has 1 aromatic rings. The van der Waals surface area contributed by atoms with Gasteiger partial charge in [-0.15, -0.1) is 0 Å². The van der Waals surface area contributed by atoms with Gasteiger partial charge in [-0.2, -0.15) is 13.8 Å². The molecular weight excluding hydrogens is 366 g/mol. The van der Waals surface area contributed by atoms with Crippen LogP contribution in [0, 0.1) is 17.8 Å². The minimum absolute atomic E-state index is 0.0771. The van der Waals surface area contributed by atoms with Crippen LogP contribution in [0.15, 0.2) is 0 Å². The molecule has 4 atom stereocenters. The fourth-order valence-corrected chi connectivity index (χ4v) is 5.29. The summed E-state index contributed by atoms with van der Waals surface area (Å²) in [4.78, 5) is 24.3. The van der Waals surface area contributed by atoms with Crippen LogP contribution < -0.4 is 9.80 Å². The number of fused-ring (bicyclic) bond motifs is 2. The molecule has 28 heavy (non-hydrogen) atoms. The number of carboxylic acids is 1. The van der Waals surface area contributed by atoms with Crippen molar-refractivity contribution in [3.63, 3.8) is 0 Å². The highest BCUT2D eigenvalue weighted by Crippen LogP contribution is 2.55. The maximum atomic E-state index is 14.9. The van der Waals surface area contributed by atoms with Gasteiger partial charge in [-0.05, 0) is 50.4 Å². The number of carboxylic acid groups (broad SMARTS) is 1. The molecule has 1 saturated carbocycles. The lowest BCUT2D eigenvalue weighted by Crippen LogP contribution is -2.47. The average Bonchev–Trinajstić information content (AvgIpc) is 3.10. The Bertz CT molecular complexity index is 806. The second kappa shape index (κ2) is 6.26. The average molecular weight is 392 g/mol. The maximum Gasteiger partial charge on any atom is 0.303 e. The van der Waals surface area contributed by atoms with E-state index in [2.05, 4.69) is 16.8 Å². The lowest BCUT2D eigenvalue weighted by atomic mass is 10.0. The van der Waals surface area contributed by atoms with Gasteiger partial charge in [-0.1, -0.05) is 0 Å². The number of halogens is 2. The number of anilines is 2. The SMILES string of the molecule is C[C@H]1CCN1c1nc(N2C[C@@H]3C(CC(=O)O)[C@@H]3C2)c2c(n1)C(F)(F)CCCC2. The topological polar surface area (TPSA) is 69.6 Å². The van der Waals surface area contributed by atoms with E-state index in [0.717, 1.165) is 19.4 Å². The van der Waals surface area contributed by atoms with Crippen molar-refractivity contribution in [1.82, 2.24) is 9.97 Å². The van der Waals surface area contributed by atoms with Crippen molar-refractivity contribution in [3.05, 3.63) is 11.3 Å². The second-order valence-electron chi connectivity index (χ2n) is 8.91. The highest BCUT2D eigenvalue weighted by Gasteiger charge is 2.57. The van der Waals surface area contributed by atoms with Crippen molar-refractivity contribution >= 4 is 17.7 Å². The lowest BCUT2D eigenvalue weighted by molar-refractivity contribution is -0.137. The van der Waals surface area contributed by atoms with Crippen LogP contribution in [0.25, 0.3) is 0 Å². The van der Waals surface area contributed by atoms with E-state index in [1.54, 1.807) is 0 Å². The van der Waals surface area contributed by atoms with Gasteiger partial charge < -0.3 is 14.9 Å². The van der Waals surface area contributed by atoms with Crippen LogP contribution in [0.2, 0.25) is 0 Å². The Morgan fingerprint density at radius 2 is 2.00 bits per heavy atom. The molecule has 6 nitrogen and oxygen atoms in total. The van der Waals surface area contributed by atoms with E-state index < -0.39 is 11.9 Å². The summed E-state index contributed by atoms with van der Waals surface area (Å²) in [5, 5.41) is 9.04. The summed E-state index contributed by atoms with van der Waals surface area (Å²) in [5.74, 6) is -1.65. The summed E-state index contributed by atoms with van der Waals surface area (Å²) in [7, 11) is 0. The van der Waals surface area contributed by atoms with Crippen LogP contribution in [0.1, 0.15) is 50.3 Å². The van der Waals surface area contributed by atoms with Crippen molar-refractivity contribution < 1.29 is 18.7 Å². The molecule has 3 heterocycles. The zero-order valence-corrected chi connectivity index (χ0v) is 16.1. The van der Waals surface area contributed by atoms with Crippen molar-refractivity contribution in [2.75, 3.05) is 29.4 Å². The van der Waals surface area contributed by atoms with Gasteiger partial charge in [0, 0.05) is 44.1 Å². The highest BCUT2D eigenvalue weighted by molar-refractivity contribution is 5.68. The summed E-state index contributed by atoms with van der Waals surface area (Å²) in [6.07, 6.45) is 2.87. The molecule has 2 saturated heterocycles. The molecule has 0 radical (unpaired) electrons. The van der Waals surface area contributed by atoms with Crippen molar-refractivity contribution in [2.45, 2.75) is 57.4 Å². The molecule has 8 heteroatoms. The predicted octanol–water partition coefficient (Wildman–Crippen LogP) is 3.05. The predicted molar refractivity (Wildman–Crippen MR) is 99.8 cm³/mol. The Kier molecular flexibility index (Phi) is 4.04. The molecule has 1 N–H and O–H groups in total. The summed E-state index contributed by atoms with van der Waals surface area (Å²) in [5.41, 5.74) is 0.530. The number of hydrogen-bond donors (Lipinski definition) is 1. The number of carbonyl (C=O) groups is 1. The Balaban J connectivity index is 1.49. The van der Waals surface area contributed by atoms with Crippen LogP contribution in [0.5, 0.6) is 0 Å². The number of alkyl halides is 2. The Morgan fingerprint density at radius 3 is 2.61 bits per heavy atom. The molecule has 152 valence electrons. The minimum Gasteiger partial charge on any atom is -0.481 e. The molecule has 0 amide bonds. The van der Waals surface area contributed by atoms with Crippen LogP contribution >= 0.6 is 0 Å². The van der Waals surface area contributed by atoms with E-state index in [0.29, 0.717) is 55.1 Å². The molecule has 0 aromatic carbocycles. The number of aliphatic carboxylic acids is 1. The van der Waals surface area contributed by atoms with Gasteiger partial charge in [-0.3, -0.25) is 4.79 Å². The zero-order valence-electron chi connectivity index (χ0n) is 16.1. The number of piperidine rings is 1. The fourth-order valence-electron chi connectivity index (χ4n) is 5.29. The van der Waals surface area contributed by atoms with E-state index >= 15 is 0 Å². The number of hydrogen-bond acceptors (Lipinski definition) is 5. The number of nitrogens with zero attached hydrogens (tertiary/aromatic N) is 4. The van der Waals surface area contributed by atoms with Crippen molar-refractivity contribution in [3.8, 4) is 0 Å². The van der Waals surface area contributed by atoms with E-state index in [-0.39, 0.29) is 30.5 Å². The standard InChI is InChI=1S/C20H26F2N4O2/c1-11-5-7-26(11)19-23-17-12(4-2-3-6-20(17,21)22)18(24-19)25-9-14-13(8-16(27)28)15(14)10-25/h11,13-15H,2-10H2,1H3,(H,27,28)/t11-,13?,14-,15+/m0/s1. The summed E-state index contributed by atoms with van der Waals surface area (Å²) in [6.45, 7) is 4.30. The van der Waals surface area contributed by atoms with Crippen LogP contribution in [0.4, 0.5) is 20.5 Å². The summed E-state index contributed by atoms with van der Waals surface area (Å²) in [6, 6.07) is 0.275. The molecule has 1 aromatic heterocycles.